The first-order valence-electron chi connectivity index (χ1n) is 6.10. The molecule has 1 aromatic heterocycles. The number of nitrogens with zero attached hydrogens (tertiary/aromatic N) is 1. The first-order chi connectivity index (χ1) is 9.47. The molecule has 3 N–H and O–H groups in total. The van der Waals surface area contributed by atoms with Crippen LogP contribution in [0.2, 0.25) is 0 Å². The summed E-state index contributed by atoms with van der Waals surface area (Å²) in [6, 6.07) is 5.85. The first kappa shape index (κ1) is 13.8. The molecule has 2 rings (SSSR count). The van der Waals surface area contributed by atoms with Crippen molar-refractivity contribution in [2.75, 3.05) is 0 Å². The Bertz CT molecular complexity index is 649. The second kappa shape index (κ2) is 5.56. The van der Waals surface area contributed by atoms with Gasteiger partial charge in [-0.3, -0.25) is 9.59 Å². The van der Waals surface area contributed by atoms with Crippen LogP contribution in [0.5, 0.6) is 0 Å². The first-order valence-corrected chi connectivity index (χ1v) is 6.10. The van der Waals surface area contributed by atoms with E-state index in [0.29, 0.717) is 11.5 Å². The number of nitrogens with two attached hydrogens (primary N) is 1. The maximum atomic E-state index is 12.1. The van der Waals surface area contributed by atoms with E-state index in [1.54, 1.807) is 32.0 Å². The third-order valence-corrected chi connectivity index (χ3v) is 2.76. The van der Waals surface area contributed by atoms with Crippen molar-refractivity contribution in [1.82, 2.24) is 10.3 Å². The van der Waals surface area contributed by atoms with Gasteiger partial charge in [-0.15, -0.1) is 0 Å². The molecule has 0 aliphatic rings. The molecule has 2 aromatic rings. The van der Waals surface area contributed by atoms with Crippen molar-refractivity contribution in [3.63, 3.8) is 0 Å². The van der Waals surface area contributed by atoms with E-state index >= 15 is 0 Å². The lowest BCUT2D eigenvalue weighted by atomic mass is 10.1. The summed E-state index contributed by atoms with van der Waals surface area (Å²) in [4.78, 5) is 27.3. The molecule has 1 heterocycles. The van der Waals surface area contributed by atoms with Gasteiger partial charge < -0.3 is 15.5 Å². The smallest absolute Gasteiger partial charge is 0.251 e. The van der Waals surface area contributed by atoms with Crippen molar-refractivity contribution in [2.45, 2.75) is 19.9 Å². The Morgan fingerprint density at radius 3 is 2.65 bits per heavy atom. The Morgan fingerprint density at radius 1 is 1.35 bits per heavy atom. The normalized spacial score (nSPS) is 11.9. The van der Waals surface area contributed by atoms with Crippen LogP contribution >= 0.6 is 0 Å². The number of hydrogen-bond donors (Lipinski definition) is 2. The van der Waals surface area contributed by atoms with E-state index < -0.39 is 5.91 Å². The number of hydrogen-bond acceptors (Lipinski definition) is 4. The van der Waals surface area contributed by atoms with Crippen LogP contribution in [0.4, 0.5) is 0 Å². The lowest BCUT2D eigenvalue weighted by Crippen LogP contribution is -2.27. The van der Waals surface area contributed by atoms with Gasteiger partial charge >= 0.3 is 0 Å². The summed E-state index contributed by atoms with van der Waals surface area (Å²) in [6.07, 6.45) is 1.52. The van der Waals surface area contributed by atoms with Crippen LogP contribution in [0.25, 0.3) is 0 Å². The number of oxazole rings is 1. The van der Waals surface area contributed by atoms with Gasteiger partial charge in [0.15, 0.2) is 0 Å². The van der Waals surface area contributed by atoms with E-state index in [9.17, 15) is 9.59 Å². The van der Waals surface area contributed by atoms with Gasteiger partial charge in [0.2, 0.25) is 11.8 Å². The highest BCUT2D eigenvalue weighted by Crippen LogP contribution is 2.13. The van der Waals surface area contributed by atoms with E-state index in [1.807, 2.05) is 0 Å². The molecule has 1 unspecified atom stereocenters. The Hall–Kier alpha value is -2.63. The van der Waals surface area contributed by atoms with Gasteiger partial charge in [-0.2, -0.15) is 0 Å². The molecular weight excluding hydrogens is 258 g/mol. The highest BCUT2D eigenvalue weighted by molar-refractivity contribution is 5.99. The van der Waals surface area contributed by atoms with Gasteiger partial charge in [-0.1, -0.05) is 6.07 Å². The zero-order valence-corrected chi connectivity index (χ0v) is 11.2. The second-order valence-electron chi connectivity index (χ2n) is 4.47. The molecule has 104 valence electrons. The number of carbonyl (C=O) groups excluding carboxylic acids is 2. The minimum absolute atomic E-state index is 0.289. The zero-order valence-electron chi connectivity index (χ0n) is 11.2. The summed E-state index contributed by atoms with van der Waals surface area (Å²) >= 11 is 0. The summed E-state index contributed by atoms with van der Waals surface area (Å²) in [6.45, 7) is 3.57. The lowest BCUT2D eigenvalue weighted by molar-refractivity contribution is 0.0934. The monoisotopic (exact) mass is 273 g/mol. The van der Waals surface area contributed by atoms with Crippen LogP contribution < -0.4 is 11.1 Å². The van der Waals surface area contributed by atoms with Crippen molar-refractivity contribution in [3.05, 3.63) is 53.2 Å². The highest BCUT2D eigenvalue weighted by atomic mass is 16.3. The molecular formula is C14H15N3O3. The van der Waals surface area contributed by atoms with Gasteiger partial charge in [0.25, 0.3) is 5.91 Å². The molecule has 0 aliphatic heterocycles. The molecule has 0 radical (unpaired) electrons. The Labute approximate surface area is 116 Å². The van der Waals surface area contributed by atoms with Gasteiger partial charge in [-0.05, 0) is 32.0 Å². The maximum absolute atomic E-state index is 12.1. The van der Waals surface area contributed by atoms with Crippen molar-refractivity contribution < 1.29 is 14.0 Å². The summed E-state index contributed by atoms with van der Waals surface area (Å²) in [7, 11) is 0. The number of primary amides is 1. The minimum Gasteiger partial charge on any atom is -0.446 e. The van der Waals surface area contributed by atoms with Crippen LogP contribution in [0, 0.1) is 6.92 Å². The van der Waals surface area contributed by atoms with E-state index in [4.69, 9.17) is 10.2 Å². The second-order valence-corrected chi connectivity index (χ2v) is 4.47. The van der Waals surface area contributed by atoms with Gasteiger partial charge in [0.1, 0.15) is 12.3 Å². The predicted octanol–water partition coefficient (Wildman–Crippen LogP) is 1.57. The summed E-state index contributed by atoms with van der Waals surface area (Å²) in [5, 5.41) is 2.74. The van der Waals surface area contributed by atoms with Gasteiger partial charge in [-0.25, -0.2) is 4.98 Å². The molecule has 1 atom stereocenters. The highest BCUT2D eigenvalue weighted by Gasteiger charge is 2.16. The molecule has 6 nitrogen and oxygen atoms in total. The Kier molecular flexibility index (Phi) is 3.84. The molecule has 2 amide bonds. The molecule has 0 fully saturated rings. The fourth-order valence-corrected chi connectivity index (χ4v) is 1.73. The minimum atomic E-state index is -0.573. The van der Waals surface area contributed by atoms with E-state index in [-0.39, 0.29) is 17.5 Å². The average Bonchev–Trinajstić information content (AvgIpc) is 2.85. The molecule has 0 saturated carbocycles. The van der Waals surface area contributed by atoms with Crippen molar-refractivity contribution in [3.8, 4) is 0 Å². The van der Waals surface area contributed by atoms with E-state index in [0.717, 1.165) is 5.69 Å². The standard InChI is InChI=1S/C14H15N3O3/c1-8-7-20-14(16-8)9(2)17-13(19)11-5-3-4-10(6-11)12(15)18/h3-7,9H,1-2H3,(H2,15,18)(H,17,19). The van der Waals surface area contributed by atoms with Crippen LogP contribution in [-0.4, -0.2) is 16.8 Å². The van der Waals surface area contributed by atoms with Crippen LogP contribution in [0.1, 0.15) is 45.3 Å². The quantitative estimate of drug-likeness (QED) is 0.883. The van der Waals surface area contributed by atoms with Crippen LogP contribution in [0.3, 0.4) is 0 Å². The lowest BCUT2D eigenvalue weighted by Gasteiger charge is -2.10. The van der Waals surface area contributed by atoms with Crippen molar-refractivity contribution in [1.29, 1.82) is 0 Å². The average molecular weight is 273 g/mol. The predicted molar refractivity (Wildman–Crippen MR) is 72.1 cm³/mol. The Balaban J connectivity index is 2.12. The molecule has 1 aromatic carbocycles. The topological polar surface area (TPSA) is 98.2 Å². The summed E-state index contributed by atoms with van der Waals surface area (Å²) < 4.78 is 5.22. The largest absolute Gasteiger partial charge is 0.446 e. The SMILES string of the molecule is Cc1coc(C(C)NC(=O)c2cccc(C(N)=O)c2)n1. The van der Waals surface area contributed by atoms with E-state index in [1.165, 1.54) is 12.3 Å². The number of rotatable bonds is 4. The Morgan fingerprint density at radius 2 is 2.05 bits per heavy atom. The van der Waals surface area contributed by atoms with E-state index in [2.05, 4.69) is 10.3 Å². The van der Waals surface area contributed by atoms with Crippen molar-refractivity contribution in [2.24, 2.45) is 5.73 Å². The molecule has 0 saturated heterocycles. The molecule has 0 aliphatic carbocycles. The van der Waals surface area contributed by atoms with Gasteiger partial charge in [0, 0.05) is 11.1 Å². The summed E-state index contributed by atoms with van der Waals surface area (Å²) in [5.74, 6) is -0.464. The summed E-state index contributed by atoms with van der Waals surface area (Å²) in [5.41, 5.74) is 6.58. The number of nitrogens with one attached hydrogen (secondary N) is 1. The van der Waals surface area contributed by atoms with Gasteiger partial charge in [0.05, 0.1) is 5.69 Å². The molecule has 0 bridgehead atoms. The number of carbonyl (C=O) groups is 2. The third kappa shape index (κ3) is 3.03. The zero-order chi connectivity index (χ0) is 14.7. The number of aromatic nitrogens is 1. The number of amides is 2. The van der Waals surface area contributed by atoms with Crippen molar-refractivity contribution >= 4 is 11.8 Å². The third-order valence-electron chi connectivity index (χ3n) is 2.76. The molecule has 20 heavy (non-hydrogen) atoms. The number of benzene rings is 1. The molecule has 6 heteroatoms. The number of aryl methyl sites for hydroxylation is 1. The fourth-order valence-electron chi connectivity index (χ4n) is 1.73. The fraction of sp³-hybridized carbons (Fsp3) is 0.214. The van der Waals surface area contributed by atoms with Crippen LogP contribution in [0.15, 0.2) is 34.9 Å². The van der Waals surface area contributed by atoms with Crippen LogP contribution in [-0.2, 0) is 0 Å². The maximum Gasteiger partial charge on any atom is 0.251 e. The molecule has 0 spiro atoms.